The van der Waals surface area contributed by atoms with E-state index >= 15 is 0 Å². The summed E-state index contributed by atoms with van der Waals surface area (Å²) in [5, 5.41) is 6.98. The first-order chi connectivity index (χ1) is 10.8. The molecule has 2 amide bonds. The lowest BCUT2D eigenvalue weighted by Crippen LogP contribution is -2.46. The zero-order valence-corrected chi connectivity index (χ0v) is 13.9. The molecule has 122 valence electrons. The third-order valence-electron chi connectivity index (χ3n) is 3.13. The molecular weight excluding hydrogens is 292 g/mol. The Balaban J connectivity index is 2.01. The molecule has 0 bridgehead atoms. The lowest BCUT2D eigenvalue weighted by atomic mass is 10.1. The highest BCUT2D eigenvalue weighted by molar-refractivity contribution is 5.96. The molecule has 6 heteroatoms. The number of nitrogens with zero attached hydrogens (tertiary/aromatic N) is 3. The highest BCUT2D eigenvalue weighted by Gasteiger charge is 2.18. The van der Waals surface area contributed by atoms with Crippen LogP contribution in [0.25, 0.3) is 5.69 Å². The third kappa shape index (κ3) is 4.67. The van der Waals surface area contributed by atoms with Crippen LogP contribution in [0.4, 0.5) is 0 Å². The minimum Gasteiger partial charge on any atom is -0.350 e. The summed E-state index contributed by atoms with van der Waals surface area (Å²) in [6.45, 7) is 5.74. The van der Waals surface area contributed by atoms with Crippen LogP contribution in [0.5, 0.6) is 0 Å². The van der Waals surface area contributed by atoms with Crippen molar-refractivity contribution in [2.45, 2.75) is 26.3 Å². The van der Waals surface area contributed by atoms with Crippen LogP contribution in [-0.4, -0.2) is 45.6 Å². The topological polar surface area (TPSA) is 67.2 Å². The fraction of sp³-hybridized carbons (Fsp3) is 0.353. The molecular formula is C17H22N4O2. The predicted molar refractivity (Wildman–Crippen MR) is 88.4 cm³/mol. The number of nitrogens with one attached hydrogen (secondary N) is 1. The van der Waals surface area contributed by atoms with Gasteiger partial charge in [-0.3, -0.25) is 9.59 Å². The molecule has 0 fully saturated rings. The Hall–Kier alpha value is -2.63. The number of rotatable bonds is 4. The molecule has 0 aliphatic heterocycles. The van der Waals surface area contributed by atoms with E-state index in [1.807, 2.05) is 45.2 Å². The van der Waals surface area contributed by atoms with Gasteiger partial charge in [0.05, 0.1) is 12.2 Å². The summed E-state index contributed by atoms with van der Waals surface area (Å²) in [7, 11) is 1.62. The monoisotopic (exact) mass is 314 g/mol. The summed E-state index contributed by atoms with van der Waals surface area (Å²) in [6, 6.07) is 8.95. The summed E-state index contributed by atoms with van der Waals surface area (Å²) in [4.78, 5) is 25.7. The number of aromatic nitrogens is 2. The normalized spacial score (nSPS) is 11.1. The molecule has 0 spiro atoms. The number of hydrogen-bond donors (Lipinski definition) is 1. The lowest BCUT2D eigenvalue weighted by Gasteiger charge is -2.23. The molecule has 1 aromatic heterocycles. The van der Waals surface area contributed by atoms with Gasteiger partial charge < -0.3 is 10.2 Å². The van der Waals surface area contributed by atoms with Crippen molar-refractivity contribution >= 4 is 11.8 Å². The van der Waals surface area contributed by atoms with E-state index in [1.54, 1.807) is 30.1 Å². The first-order valence-corrected chi connectivity index (χ1v) is 7.43. The third-order valence-corrected chi connectivity index (χ3v) is 3.13. The average molecular weight is 314 g/mol. The molecule has 1 heterocycles. The van der Waals surface area contributed by atoms with Crippen LogP contribution in [-0.2, 0) is 4.79 Å². The van der Waals surface area contributed by atoms with Gasteiger partial charge in [0.15, 0.2) is 0 Å². The van der Waals surface area contributed by atoms with Crippen molar-refractivity contribution in [3.63, 3.8) is 0 Å². The summed E-state index contributed by atoms with van der Waals surface area (Å²) in [5.41, 5.74) is 1.10. The van der Waals surface area contributed by atoms with Gasteiger partial charge in [0.1, 0.15) is 0 Å². The Labute approximate surface area is 136 Å². The molecule has 2 rings (SSSR count). The van der Waals surface area contributed by atoms with Crippen molar-refractivity contribution in [2.24, 2.45) is 0 Å². The molecule has 0 radical (unpaired) electrons. The Bertz CT molecular complexity index is 670. The van der Waals surface area contributed by atoms with E-state index in [9.17, 15) is 9.59 Å². The predicted octanol–water partition coefficient (Wildman–Crippen LogP) is 1.86. The molecule has 1 N–H and O–H groups in total. The Morgan fingerprint density at radius 2 is 1.87 bits per heavy atom. The number of carbonyl (C=O) groups is 2. The molecule has 0 unspecified atom stereocenters. The first kappa shape index (κ1) is 16.7. The minimum atomic E-state index is -0.313. The molecule has 0 aliphatic carbocycles. The number of likely N-dealkylation sites (N-methyl/N-ethyl adjacent to an activating group) is 1. The van der Waals surface area contributed by atoms with Crippen molar-refractivity contribution in [3.05, 3.63) is 48.3 Å². The van der Waals surface area contributed by atoms with Gasteiger partial charge in [-0.2, -0.15) is 5.10 Å². The number of hydrogen-bond acceptors (Lipinski definition) is 3. The number of amides is 2. The summed E-state index contributed by atoms with van der Waals surface area (Å²) in [6.07, 6.45) is 3.53. The van der Waals surface area contributed by atoms with Crippen molar-refractivity contribution in [1.29, 1.82) is 0 Å². The average Bonchev–Trinajstić information content (AvgIpc) is 2.98. The first-order valence-electron chi connectivity index (χ1n) is 7.43. The maximum absolute atomic E-state index is 12.4. The minimum absolute atomic E-state index is 0.0248. The van der Waals surface area contributed by atoms with Crippen LogP contribution in [0, 0.1) is 0 Å². The van der Waals surface area contributed by atoms with Gasteiger partial charge in [-0.25, -0.2) is 4.68 Å². The molecule has 0 atom stereocenters. The van der Waals surface area contributed by atoms with Crippen LogP contribution in [0.2, 0.25) is 0 Å². The van der Waals surface area contributed by atoms with Crippen molar-refractivity contribution < 1.29 is 9.59 Å². The van der Waals surface area contributed by atoms with Gasteiger partial charge in [-0.1, -0.05) is 0 Å². The number of carbonyl (C=O) groups excluding carboxylic acids is 2. The zero-order valence-electron chi connectivity index (χ0n) is 13.9. The van der Waals surface area contributed by atoms with E-state index in [2.05, 4.69) is 10.4 Å². The molecule has 1 aromatic carbocycles. The van der Waals surface area contributed by atoms with Crippen molar-refractivity contribution in [2.75, 3.05) is 13.6 Å². The van der Waals surface area contributed by atoms with Crippen molar-refractivity contribution in [3.8, 4) is 5.69 Å². The van der Waals surface area contributed by atoms with Gasteiger partial charge in [0.2, 0.25) is 5.91 Å². The summed E-state index contributed by atoms with van der Waals surface area (Å²) >= 11 is 0. The van der Waals surface area contributed by atoms with E-state index in [-0.39, 0.29) is 23.9 Å². The van der Waals surface area contributed by atoms with Gasteiger partial charge in [-0.05, 0) is 51.1 Å². The SMILES string of the molecule is CN(CC(=O)NC(C)(C)C)C(=O)c1ccc(-n2cccn2)cc1. The maximum atomic E-state index is 12.4. The van der Waals surface area contributed by atoms with E-state index < -0.39 is 0 Å². The van der Waals surface area contributed by atoms with E-state index in [0.29, 0.717) is 5.56 Å². The molecule has 2 aromatic rings. The fourth-order valence-electron chi connectivity index (χ4n) is 2.14. The second kappa shape index (κ2) is 6.64. The summed E-state index contributed by atoms with van der Waals surface area (Å²) in [5.74, 6) is -0.373. The van der Waals surface area contributed by atoms with Crippen LogP contribution < -0.4 is 5.32 Å². The second-order valence-corrected chi connectivity index (χ2v) is 6.46. The van der Waals surface area contributed by atoms with E-state index in [1.165, 1.54) is 4.90 Å². The Morgan fingerprint density at radius 3 is 2.39 bits per heavy atom. The number of benzene rings is 1. The Morgan fingerprint density at radius 1 is 1.22 bits per heavy atom. The maximum Gasteiger partial charge on any atom is 0.254 e. The second-order valence-electron chi connectivity index (χ2n) is 6.46. The zero-order chi connectivity index (χ0) is 17.0. The molecule has 0 aliphatic rings. The van der Waals surface area contributed by atoms with Crippen LogP contribution in [0.1, 0.15) is 31.1 Å². The van der Waals surface area contributed by atoms with E-state index in [4.69, 9.17) is 0 Å². The quantitative estimate of drug-likeness (QED) is 0.936. The largest absolute Gasteiger partial charge is 0.350 e. The van der Waals surface area contributed by atoms with Gasteiger partial charge in [-0.15, -0.1) is 0 Å². The molecule has 0 saturated carbocycles. The highest BCUT2D eigenvalue weighted by atomic mass is 16.2. The molecule has 6 nitrogen and oxygen atoms in total. The van der Waals surface area contributed by atoms with Crippen molar-refractivity contribution in [1.82, 2.24) is 20.0 Å². The van der Waals surface area contributed by atoms with Crippen LogP contribution in [0.15, 0.2) is 42.7 Å². The van der Waals surface area contributed by atoms with Crippen LogP contribution in [0.3, 0.4) is 0 Å². The fourth-order valence-corrected chi connectivity index (χ4v) is 2.14. The standard InChI is InChI=1S/C17H22N4O2/c1-17(2,3)19-15(22)12-20(4)16(23)13-6-8-14(9-7-13)21-11-5-10-18-21/h5-11H,12H2,1-4H3,(H,19,22). The molecule has 23 heavy (non-hydrogen) atoms. The van der Waals surface area contributed by atoms with Crippen LogP contribution >= 0.6 is 0 Å². The van der Waals surface area contributed by atoms with Gasteiger partial charge in [0.25, 0.3) is 5.91 Å². The molecule has 0 saturated heterocycles. The van der Waals surface area contributed by atoms with Gasteiger partial charge >= 0.3 is 0 Å². The summed E-state index contributed by atoms with van der Waals surface area (Å²) < 4.78 is 1.72. The van der Waals surface area contributed by atoms with Gasteiger partial charge in [0, 0.05) is 30.5 Å². The smallest absolute Gasteiger partial charge is 0.254 e. The Kier molecular flexibility index (Phi) is 4.83. The van der Waals surface area contributed by atoms with E-state index in [0.717, 1.165) is 5.69 Å². The highest BCUT2D eigenvalue weighted by Crippen LogP contribution is 2.10. The lowest BCUT2D eigenvalue weighted by molar-refractivity contribution is -0.122.